The van der Waals surface area contributed by atoms with Gasteiger partial charge in [-0.15, -0.1) is 11.8 Å². The molecule has 53 heavy (non-hydrogen) atoms. The maximum Gasteiger partial charge on any atom is 0.408 e. The number of hydrogen-bond donors (Lipinski definition) is 2. The van der Waals surface area contributed by atoms with E-state index in [-0.39, 0.29) is 18.7 Å². The summed E-state index contributed by atoms with van der Waals surface area (Å²) in [5.74, 6) is -3.82. The first kappa shape index (κ1) is 37.5. The lowest BCUT2D eigenvalue weighted by atomic mass is 9.95. The molecule has 4 amide bonds. The molecule has 0 radical (unpaired) electrons. The van der Waals surface area contributed by atoms with Crippen LogP contribution in [-0.4, -0.2) is 104 Å². The molecule has 4 fully saturated rings. The fraction of sp³-hybridized carbons (Fsp3) is 0.455. The van der Waals surface area contributed by atoms with Crippen molar-refractivity contribution in [3.8, 4) is 0 Å². The van der Waals surface area contributed by atoms with E-state index in [2.05, 4.69) is 10.6 Å². The number of amides is 4. The van der Waals surface area contributed by atoms with E-state index in [9.17, 15) is 47.3 Å². The Morgan fingerprint density at radius 2 is 1.57 bits per heavy atom. The van der Waals surface area contributed by atoms with Crippen LogP contribution in [0.5, 0.6) is 0 Å². The lowest BCUT2D eigenvalue weighted by molar-refractivity contribution is -0.384. The number of thioether (sulfide) groups is 1. The SMILES string of the molecule is CC1(C)S[C@@H]2[C@H](NC(=O)C(NC(=O)OCc3ccc([N+](=O)[O-])cc3)c3ccccc3)C(=O)N2[C@H]1C(=O)OCOC(=O)[C@@H]1N2C(=O)C[C@H]2S(=O)(=O)C1(C)C. The normalized spacial score (nSPS) is 26.2. The third-order valence-electron chi connectivity index (χ3n) is 9.74. The summed E-state index contributed by atoms with van der Waals surface area (Å²) < 4.78 is 38.7. The number of benzene rings is 2. The molecule has 6 atom stereocenters. The summed E-state index contributed by atoms with van der Waals surface area (Å²) in [6.07, 6.45) is -1.20. The first-order chi connectivity index (χ1) is 24.9. The lowest BCUT2D eigenvalue weighted by Crippen LogP contribution is -2.71. The summed E-state index contributed by atoms with van der Waals surface area (Å²) in [7, 11) is -3.86. The Morgan fingerprint density at radius 1 is 0.943 bits per heavy atom. The van der Waals surface area contributed by atoms with E-state index in [0.717, 1.165) is 4.90 Å². The molecule has 18 nitrogen and oxygen atoms in total. The predicted molar refractivity (Wildman–Crippen MR) is 183 cm³/mol. The second kappa shape index (κ2) is 13.6. The number of non-ortho nitro benzene ring substituents is 1. The smallest absolute Gasteiger partial charge is 0.408 e. The molecular weight excluding hydrogens is 739 g/mol. The fourth-order valence-electron chi connectivity index (χ4n) is 6.84. The van der Waals surface area contributed by atoms with E-state index >= 15 is 0 Å². The molecule has 1 unspecified atom stereocenters. The molecule has 2 N–H and O–H groups in total. The van der Waals surface area contributed by atoms with Crippen molar-refractivity contribution in [1.29, 1.82) is 0 Å². The van der Waals surface area contributed by atoms with Gasteiger partial charge in [0.15, 0.2) is 9.84 Å². The quantitative estimate of drug-likeness (QED) is 0.108. The minimum Gasteiger partial charge on any atom is -0.445 e. The number of alkyl carbamates (subject to hydrolysis) is 1. The number of nitro benzene ring substituents is 1. The number of carbonyl (C=O) groups is 6. The van der Waals surface area contributed by atoms with Crippen molar-refractivity contribution < 1.29 is 56.3 Å². The average molecular weight is 774 g/mol. The molecule has 0 aromatic heterocycles. The highest BCUT2D eigenvalue weighted by Gasteiger charge is 2.68. The summed E-state index contributed by atoms with van der Waals surface area (Å²) >= 11 is 1.22. The minimum absolute atomic E-state index is 0.134. The Kier molecular flexibility index (Phi) is 9.65. The van der Waals surface area contributed by atoms with Crippen LogP contribution in [-0.2, 0) is 54.6 Å². The second-order valence-electron chi connectivity index (χ2n) is 13.8. The number of nitrogens with one attached hydrogen (secondary N) is 2. The molecule has 0 bridgehead atoms. The molecule has 0 aliphatic carbocycles. The van der Waals surface area contributed by atoms with Crippen LogP contribution in [0.25, 0.3) is 0 Å². The van der Waals surface area contributed by atoms with Gasteiger partial charge >= 0.3 is 18.0 Å². The third-order valence-corrected chi connectivity index (χ3v) is 14.1. The Bertz CT molecular complexity index is 1990. The molecule has 20 heteroatoms. The van der Waals surface area contributed by atoms with Gasteiger partial charge in [-0.1, -0.05) is 30.3 Å². The molecule has 282 valence electrons. The predicted octanol–water partition coefficient (Wildman–Crippen LogP) is 1.29. The van der Waals surface area contributed by atoms with E-state index in [1.807, 2.05) is 0 Å². The summed E-state index contributed by atoms with van der Waals surface area (Å²) in [6.45, 7) is 4.89. The molecule has 6 rings (SSSR count). The van der Waals surface area contributed by atoms with E-state index in [1.54, 1.807) is 44.2 Å². The Labute approximate surface area is 306 Å². The van der Waals surface area contributed by atoms with E-state index in [4.69, 9.17) is 14.2 Å². The number of β-lactam (4-membered cyclic amide) rings is 2. The number of fused-ring (bicyclic) bond motifs is 2. The highest BCUT2D eigenvalue weighted by Crippen LogP contribution is 2.51. The first-order valence-corrected chi connectivity index (χ1v) is 18.7. The molecular formula is C33H35N5O13S2. The van der Waals surface area contributed by atoms with Gasteiger partial charge in [0, 0.05) is 16.9 Å². The van der Waals surface area contributed by atoms with Crippen molar-refractivity contribution in [2.45, 2.75) is 85.1 Å². The highest BCUT2D eigenvalue weighted by atomic mass is 32.2. The van der Waals surface area contributed by atoms with Crippen LogP contribution in [0.4, 0.5) is 10.5 Å². The van der Waals surface area contributed by atoms with Crippen LogP contribution in [0.1, 0.15) is 51.3 Å². The van der Waals surface area contributed by atoms with E-state index in [0.29, 0.717) is 11.1 Å². The largest absolute Gasteiger partial charge is 0.445 e. The Balaban J connectivity index is 1.06. The van der Waals surface area contributed by atoms with Crippen LogP contribution in [0.3, 0.4) is 0 Å². The molecule has 2 aromatic carbocycles. The second-order valence-corrected chi connectivity index (χ2v) is 18.2. The van der Waals surface area contributed by atoms with Gasteiger partial charge in [0.2, 0.25) is 24.5 Å². The van der Waals surface area contributed by atoms with Crippen molar-refractivity contribution in [3.05, 3.63) is 75.8 Å². The molecule has 4 saturated heterocycles. The van der Waals surface area contributed by atoms with Crippen molar-refractivity contribution in [2.75, 3.05) is 6.79 Å². The zero-order chi connectivity index (χ0) is 38.6. The zero-order valence-corrected chi connectivity index (χ0v) is 30.4. The summed E-state index contributed by atoms with van der Waals surface area (Å²) in [5.41, 5.74) is 0.710. The topological polar surface area (TPSA) is 238 Å². The maximum atomic E-state index is 13.6. The fourth-order valence-corrected chi connectivity index (χ4v) is 10.6. The molecule has 4 aliphatic heterocycles. The van der Waals surface area contributed by atoms with Crippen molar-refractivity contribution in [2.24, 2.45) is 0 Å². The lowest BCUT2D eigenvalue weighted by Gasteiger charge is -2.44. The van der Waals surface area contributed by atoms with Crippen LogP contribution in [0.2, 0.25) is 0 Å². The van der Waals surface area contributed by atoms with Gasteiger partial charge < -0.3 is 34.6 Å². The maximum absolute atomic E-state index is 13.6. The van der Waals surface area contributed by atoms with E-state index in [1.165, 1.54) is 54.8 Å². The number of hydrogen-bond acceptors (Lipinski definition) is 14. The molecule has 4 heterocycles. The first-order valence-electron chi connectivity index (χ1n) is 16.3. The van der Waals surface area contributed by atoms with Gasteiger partial charge in [0.05, 0.1) is 16.1 Å². The number of nitrogens with zero attached hydrogens (tertiary/aromatic N) is 3. The van der Waals surface area contributed by atoms with Gasteiger partial charge in [-0.25, -0.2) is 22.8 Å². The number of ether oxygens (including phenoxy) is 3. The average Bonchev–Trinajstić information content (AvgIpc) is 3.43. The van der Waals surface area contributed by atoms with Crippen LogP contribution in [0.15, 0.2) is 54.6 Å². The van der Waals surface area contributed by atoms with Gasteiger partial charge in [0.1, 0.15) is 41.5 Å². The Hall–Kier alpha value is -5.24. The van der Waals surface area contributed by atoms with Crippen LogP contribution in [0, 0.1) is 10.1 Å². The van der Waals surface area contributed by atoms with Crippen molar-refractivity contribution in [1.82, 2.24) is 20.4 Å². The molecule has 2 aromatic rings. The monoisotopic (exact) mass is 773 g/mol. The summed E-state index contributed by atoms with van der Waals surface area (Å²) in [4.78, 5) is 90.8. The van der Waals surface area contributed by atoms with Gasteiger partial charge in [-0.2, -0.15) is 0 Å². The van der Waals surface area contributed by atoms with Crippen molar-refractivity contribution >= 4 is 63.0 Å². The van der Waals surface area contributed by atoms with Crippen molar-refractivity contribution in [3.63, 3.8) is 0 Å². The Morgan fingerprint density at radius 3 is 2.17 bits per heavy atom. The van der Waals surface area contributed by atoms with Crippen LogP contribution < -0.4 is 10.6 Å². The number of esters is 2. The molecule has 0 spiro atoms. The highest BCUT2D eigenvalue weighted by molar-refractivity contribution is 8.01. The number of rotatable bonds is 11. The third kappa shape index (κ3) is 6.53. The number of nitro groups is 1. The zero-order valence-electron chi connectivity index (χ0n) is 28.7. The van der Waals surface area contributed by atoms with Gasteiger partial charge in [0.25, 0.3) is 5.69 Å². The standard InChI is InChI=1S/C33H35N5O13S2/c1-32(2)24(29(42)50-16-51-30(43)25-33(3,4)53(47,48)21-14-20(39)36(21)25)37-27(41)23(28(37)52-32)34-26(40)22(18-8-6-5-7-9-18)35-31(44)49-15-17-10-12-19(13-11-17)38(45)46/h5-13,21-25,28H,14-16H2,1-4H3,(H,34,40)(H,35,44)/t21-,22?,23-,24+,25+,28-/m1/s1. The number of carbonyl (C=O) groups excluding carboxylic acids is 6. The van der Waals surface area contributed by atoms with Gasteiger partial charge in [-0.3, -0.25) is 24.5 Å². The summed E-state index contributed by atoms with van der Waals surface area (Å²) in [6, 6.07) is 8.60. The van der Waals surface area contributed by atoms with Crippen LogP contribution >= 0.6 is 11.8 Å². The summed E-state index contributed by atoms with van der Waals surface area (Å²) in [5, 5.41) is 14.2. The van der Waals surface area contributed by atoms with Gasteiger partial charge in [-0.05, 0) is 51.0 Å². The molecule has 4 aliphatic rings. The number of sulfone groups is 1. The minimum atomic E-state index is -3.86. The van der Waals surface area contributed by atoms with E-state index < -0.39 is 102 Å². The molecule has 0 saturated carbocycles.